The maximum absolute atomic E-state index is 5.78. The van der Waals surface area contributed by atoms with Crippen molar-refractivity contribution < 1.29 is 4.74 Å². The van der Waals surface area contributed by atoms with Crippen LogP contribution in [-0.4, -0.2) is 0 Å². The molecule has 0 fully saturated rings. The molecule has 2 aromatic carbocycles. The molecule has 0 N–H and O–H groups in total. The van der Waals surface area contributed by atoms with E-state index in [1.54, 1.807) is 0 Å². The molecule has 1 aliphatic rings. The highest BCUT2D eigenvalue weighted by Crippen LogP contribution is 2.39. The molecule has 0 radical (unpaired) electrons. The lowest BCUT2D eigenvalue weighted by atomic mass is 9.91. The third-order valence-electron chi connectivity index (χ3n) is 2.52. The Balaban J connectivity index is 1.92. The van der Waals surface area contributed by atoms with Crippen molar-refractivity contribution in [3.63, 3.8) is 0 Å². The summed E-state index contributed by atoms with van der Waals surface area (Å²) in [7, 11) is 0. The zero-order valence-electron chi connectivity index (χ0n) is 7.73. The molecule has 2 aromatic rings. The van der Waals surface area contributed by atoms with Crippen LogP contribution in [0.15, 0.2) is 48.5 Å². The van der Waals surface area contributed by atoms with Crippen molar-refractivity contribution in [2.45, 2.75) is 6.42 Å². The van der Waals surface area contributed by atoms with Crippen LogP contribution in [0.2, 0.25) is 0 Å². The van der Waals surface area contributed by atoms with Gasteiger partial charge in [0.25, 0.3) is 0 Å². The smallest absolute Gasteiger partial charge is 0.134 e. The van der Waals surface area contributed by atoms with E-state index in [4.69, 9.17) is 4.74 Å². The van der Waals surface area contributed by atoms with E-state index in [1.807, 2.05) is 30.3 Å². The minimum absolute atomic E-state index is 0.918. The summed E-state index contributed by atoms with van der Waals surface area (Å²) in [6.45, 7) is 0. The van der Waals surface area contributed by atoms with Gasteiger partial charge in [-0.1, -0.05) is 36.4 Å². The molecule has 0 saturated heterocycles. The molecule has 0 heterocycles. The van der Waals surface area contributed by atoms with Gasteiger partial charge in [0.2, 0.25) is 0 Å². The molecule has 1 heteroatoms. The Bertz CT molecular complexity index is 440. The average Bonchev–Trinajstić information content (AvgIpc) is 2.28. The van der Waals surface area contributed by atoms with Crippen LogP contribution < -0.4 is 4.74 Å². The van der Waals surface area contributed by atoms with Gasteiger partial charge in [-0.25, -0.2) is 0 Å². The molecule has 0 unspecified atom stereocenters. The lowest BCUT2D eigenvalue weighted by Crippen LogP contribution is -2.06. The summed E-state index contributed by atoms with van der Waals surface area (Å²) in [5, 5.41) is 0. The summed E-state index contributed by atoms with van der Waals surface area (Å²) in [6.07, 6.45) is 1.07. The van der Waals surface area contributed by atoms with Crippen molar-refractivity contribution in [1.82, 2.24) is 0 Å². The van der Waals surface area contributed by atoms with Gasteiger partial charge in [-0.15, -0.1) is 0 Å². The summed E-state index contributed by atoms with van der Waals surface area (Å²) in [4.78, 5) is 0. The molecule has 68 valence electrons. The number of hydrogen-bond acceptors (Lipinski definition) is 1. The quantitative estimate of drug-likeness (QED) is 0.590. The summed E-state index contributed by atoms with van der Waals surface area (Å²) in [6, 6.07) is 16.2. The Morgan fingerprint density at radius 3 is 2.14 bits per heavy atom. The Kier molecular flexibility index (Phi) is 1.57. The fourth-order valence-electron chi connectivity index (χ4n) is 1.75. The zero-order valence-corrected chi connectivity index (χ0v) is 7.73. The highest BCUT2D eigenvalue weighted by Gasteiger charge is 2.20. The van der Waals surface area contributed by atoms with Gasteiger partial charge in [-0.05, 0) is 23.3 Å². The lowest BCUT2D eigenvalue weighted by molar-refractivity contribution is 0.459. The number of rotatable bonds is 2. The number of ether oxygens (including phenoxy) is 1. The largest absolute Gasteiger partial charge is 0.457 e. The van der Waals surface area contributed by atoms with Crippen LogP contribution in [0.5, 0.6) is 11.5 Å². The molecule has 14 heavy (non-hydrogen) atoms. The van der Waals surface area contributed by atoms with Crippen LogP contribution >= 0.6 is 0 Å². The second-order valence-corrected chi connectivity index (χ2v) is 3.50. The van der Waals surface area contributed by atoms with Crippen LogP contribution in [0.25, 0.3) is 0 Å². The van der Waals surface area contributed by atoms with Crippen molar-refractivity contribution in [3.05, 3.63) is 59.7 Å². The van der Waals surface area contributed by atoms with Crippen molar-refractivity contribution in [3.8, 4) is 11.5 Å². The minimum Gasteiger partial charge on any atom is -0.457 e. The SMILES string of the molecule is c1ccc(Oc2c3cccc2C3)cc1. The van der Waals surface area contributed by atoms with E-state index < -0.39 is 0 Å². The van der Waals surface area contributed by atoms with E-state index >= 15 is 0 Å². The Labute approximate surface area is 83.0 Å². The molecular weight excluding hydrogens is 172 g/mol. The van der Waals surface area contributed by atoms with Gasteiger partial charge < -0.3 is 4.74 Å². The number of para-hydroxylation sites is 2. The maximum atomic E-state index is 5.78. The molecular formula is C13H10O. The normalized spacial score (nSPS) is 12.0. The second-order valence-electron chi connectivity index (χ2n) is 3.50. The highest BCUT2D eigenvalue weighted by molar-refractivity contribution is 5.55. The lowest BCUT2D eigenvalue weighted by Gasteiger charge is -2.22. The van der Waals surface area contributed by atoms with Gasteiger partial charge >= 0.3 is 0 Å². The average molecular weight is 182 g/mol. The number of benzene rings is 2. The molecule has 1 nitrogen and oxygen atoms in total. The summed E-state index contributed by atoms with van der Waals surface area (Å²) in [5.74, 6) is 1.97. The molecule has 0 atom stereocenters. The fourth-order valence-corrected chi connectivity index (χ4v) is 1.75. The van der Waals surface area contributed by atoms with E-state index in [0.717, 1.165) is 17.9 Å². The van der Waals surface area contributed by atoms with Crippen molar-refractivity contribution in [1.29, 1.82) is 0 Å². The fraction of sp³-hybridized carbons (Fsp3) is 0.0769. The topological polar surface area (TPSA) is 9.23 Å². The molecule has 0 spiro atoms. The summed E-state index contributed by atoms with van der Waals surface area (Å²) >= 11 is 0. The number of hydrogen-bond donors (Lipinski definition) is 0. The summed E-state index contributed by atoms with van der Waals surface area (Å²) < 4.78 is 5.78. The van der Waals surface area contributed by atoms with Crippen LogP contribution in [0.4, 0.5) is 0 Å². The molecule has 0 saturated carbocycles. The van der Waals surface area contributed by atoms with Crippen LogP contribution in [-0.2, 0) is 6.42 Å². The Morgan fingerprint density at radius 2 is 1.50 bits per heavy atom. The van der Waals surface area contributed by atoms with E-state index in [0.29, 0.717) is 0 Å². The first-order chi connectivity index (χ1) is 6.93. The van der Waals surface area contributed by atoms with Crippen LogP contribution in [0.3, 0.4) is 0 Å². The van der Waals surface area contributed by atoms with E-state index in [-0.39, 0.29) is 0 Å². The molecule has 1 aliphatic carbocycles. The predicted molar refractivity (Wildman–Crippen MR) is 55.8 cm³/mol. The maximum Gasteiger partial charge on any atom is 0.134 e. The second kappa shape index (κ2) is 2.88. The standard InChI is InChI=1S/C13H10O/c1-2-7-12(8-3-1)14-13-10-5-4-6-11(13)9-10/h1-8H,9H2. The van der Waals surface area contributed by atoms with E-state index in [2.05, 4.69) is 18.2 Å². The highest BCUT2D eigenvalue weighted by atomic mass is 16.5. The molecule has 0 amide bonds. The molecule has 0 aliphatic heterocycles. The van der Waals surface area contributed by atoms with Crippen molar-refractivity contribution >= 4 is 0 Å². The van der Waals surface area contributed by atoms with E-state index in [9.17, 15) is 0 Å². The van der Waals surface area contributed by atoms with Crippen molar-refractivity contribution in [2.24, 2.45) is 0 Å². The first-order valence-electron chi connectivity index (χ1n) is 4.77. The van der Waals surface area contributed by atoms with Crippen LogP contribution in [0.1, 0.15) is 11.1 Å². The van der Waals surface area contributed by atoms with Gasteiger partial charge in [-0.2, -0.15) is 0 Å². The monoisotopic (exact) mass is 182 g/mol. The van der Waals surface area contributed by atoms with Gasteiger partial charge in [0, 0.05) is 6.42 Å². The molecule has 0 aromatic heterocycles. The molecule has 3 rings (SSSR count). The third kappa shape index (κ3) is 1.10. The first kappa shape index (κ1) is 7.63. The third-order valence-corrected chi connectivity index (χ3v) is 2.52. The van der Waals surface area contributed by atoms with Crippen LogP contribution in [0, 0.1) is 0 Å². The summed E-state index contributed by atoms with van der Waals surface area (Å²) in [5.41, 5.74) is 2.62. The minimum atomic E-state index is 0.918. The predicted octanol–water partition coefficient (Wildman–Crippen LogP) is 3.38. The zero-order chi connectivity index (χ0) is 9.38. The Hall–Kier alpha value is -1.76. The van der Waals surface area contributed by atoms with Gasteiger partial charge in [-0.3, -0.25) is 0 Å². The molecule has 2 bridgehead atoms. The Morgan fingerprint density at radius 1 is 0.786 bits per heavy atom. The van der Waals surface area contributed by atoms with Gasteiger partial charge in [0.1, 0.15) is 11.5 Å². The number of fused-ring (bicyclic) bond motifs is 2. The van der Waals surface area contributed by atoms with Gasteiger partial charge in [0.15, 0.2) is 0 Å². The van der Waals surface area contributed by atoms with Gasteiger partial charge in [0.05, 0.1) is 0 Å². The first-order valence-corrected chi connectivity index (χ1v) is 4.77. The van der Waals surface area contributed by atoms with Crippen molar-refractivity contribution in [2.75, 3.05) is 0 Å². The van der Waals surface area contributed by atoms with E-state index in [1.165, 1.54) is 11.1 Å².